The van der Waals surface area contributed by atoms with Crippen LogP contribution < -0.4 is 5.32 Å². The zero-order chi connectivity index (χ0) is 15.0. The van der Waals surface area contributed by atoms with Gasteiger partial charge in [-0.05, 0) is 31.9 Å². The van der Waals surface area contributed by atoms with E-state index in [9.17, 15) is 14.4 Å². The summed E-state index contributed by atoms with van der Waals surface area (Å²) in [6, 6.07) is 8.12. The highest BCUT2D eigenvalue weighted by Gasteiger charge is 2.18. The molecule has 0 bridgehead atoms. The van der Waals surface area contributed by atoms with Crippen molar-refractivity contribution in [2.75, 3.05) is 7.11 Å². The Morgan fingerprint density at radius 2 is 1.85 bits per heavy atom. The molecule has 1 rings (SSSR count). The van der Waals surface area contributed by atoms with Gasteiger partial charge in [0, 0.05) is 12.0 Å². The van der Waals surface area contributed by atoms with Crippen molar-refractivity contribution in [1.29, 1.82) is 0 Å². The van der Waals surface area contributed by atoms with Crippen LogP contribution in [-0.2, 0) is 14.3 Å². The molecule has 1 atom stereocenters. The van der Waals surface area contributed by atoms with Gasteiger partial charge in [-0.2, -0.15) is 0 Å². The number of rotatable bonds is 7. The van der Waals surface area contributed by atoms with Gasteiger partial charge in [0.25, 0.3) is 5.91 Å². The van der Waals surface area contributed by atoms with E-state index < -0.39 is 6.04 Å². The average molecular weight is 277 g/mol. The molecule has 1 aromatic carbocycles. The van der Waals surface area contributed by atoms with E-state index in [-0.39, 0.29) is 24.1 Å². The number of hydrogen-bond acceptors (Lipinski definition) is 4. The van der Waals surface area contributed by atoms with E-state index in [4.69, 9.17) is 0 Å². The van der Waals surface area contributed by atoms with E-state index in [1.165, 1.54) is 14.0 Å². The number of ether oxygens (including phenoxy) is 1. The molecule has 0 radical (unpaired) electrons. The van der Waals surface area contributed by atoms with Crippen molar-refractivity contribution in [3.05, 3.63) is 35.9 Å². The fourth-order valence-corrected chi connectivity index (χ4v) is 1.76. The molecule has 5 nitrogen and oxygen atoms in total. The summed E-state index contributed by atoms with van der Waals surface area (Å²) in [6.07, 6.45) is 1.15. The lowest BCUT2D eigenvalue weighted by atomic mass is 10.1. The molecule has 1 aromatic rings. The first-order chi connectivity index (χ1) is 9.54. The van der Waals surface area contributed by atoms with E-state index >= 15 is 0 Å². The molecule has 0 heterocycles. The Kier molecular flexibility index (Phi) is 6.43. The lowest BCUT2D eigenvalue weighted by Crippen LogP contribution is -2.39. The minimum Gasteiger partial charge on any atom is -0.469 e. The summed E-state index contributed by atoms with van der Waals surface area (Å²) in [6.45, 7) is 1.42. The van der Waals surface area contributed by atoms with Crippen molar-refractivity contribution in [2.24, 2.45) is 0 Å². The van der Waals surface area contributed by atoms with Gasteiger partial charge in [-0.25, -0.2) is 0 Å². The first-order valence-electron chi connectivity index (χ1n) is 6.47. The normalized spacial score (nSPS) is 11.5. The molecule has 5 heteroatoms. The Balaban J connectivity index is 2.53. The number of benzene rings is 1. The maximum absolute atomic E-state index is 12.0. The highest BCUT2D eigenvalue weighted by Crippen LogP contribution is 2.06. The van der Waals surface area contributed by atoms with Crippen molar-refractivity contribution in [2.45, 2.75) is 32.2 Å². The van der Waals surface area contributed by atoms with Crippen molar-refractivity contribution < 1.29 is 19.1 Å². The third-order valence-corrected chi connectivity index (χ3v) is 2.93. The van der Waals surface area contributed by atoms with Crippen LogP contribution in [0.2, 0.25) is 0 Å². The minimum absolute atomic E-state index is 0.126. The van der Waals surface area contributed by atoms with Crippen molar-refractivity contribution in [3.8, 4) is 0 Å². The fraction of sp³-hybridized carbons (Fsp3) is 0.400. The van der Waals surface area contributed by atoms with E-state index in [0.717, 1.165) is 0 Å². The number of amides is 1. The van der Waals surface area contributed by atoms with Gasteiger partial charge >= 0.3 is 5.97 Å². The molecular formula is C15H19NO4. The second-order valence-corrected chi connectivity index (χ2v) is 4.47. The number of carbonyl (C=O) groups excluding carboxylic acids is 3. The Morgan fingerprint density at radius 3 is 2.40 bits per heavy atom. The van der Waals surface area contributed by atoms with Gasteiger partial charge in [0.15, 0.2) is 5.78 Å². The van der Waals surface area contributed by atoms with Crippen LogP contribution in [0.15, 0.2) is 30.3 Å². The highest BCUT2D eigenvalue weighted by molar-refractivity contribution is 5.97. The second kappa shape index (κ2) is 8.09. The van der Waals surface area contributed by atoms with Gasteiger partial charge in [-0.1, -0.05) is 18.2 Å². The molecule has 108 valence electrons. The van der Waals surface area contributed by atoms with Gasteiger partial charge in [-0.15, -0.1) is 0 Å². The van der Waals surface area contributed by atoms with Gasteiger partial charge in [0.1, 0.15) is 0 Å². The number of carbonyl (C=O) groups is 3. The predicted octanol–water partition coefficient (Wildman–Crippen LogP) is 1.72. The highest BCUT2D eigenvalue weighted by atomic mass is 16.5. The van der Waals surface area contributed by atoms with Crippen LogP contribution in [0.3, 0.4) is 0 Å². The third kappa shape index (κ3) is 5.22. The maximum Gasteiger partial charge on any atom is 0.305 e. The summed E-state index contributed by atoms with van der Waals surface area (Å²) < 4.78 is 4.53. The van der Waals surface area contributed by atoms with Crippen molar-refractivity contribution in [3.63, 3.8) is 0 Å². The van der Waals surface area contributed by atoms with E-state index in [0.29, 0.717) is 18.4 Å². The number of methoxy groups -OCH3 is 1. The molecule has 0 saturated heterocycles. The molecular weight excluding hydrogens is 258 g/mol. The van der Waals surface area contributed by atoms with Crippen molar-refractivity contribution >= 4 is 17.7 Å². The van der Waals surface area contributed by atoms with Crippen LogP contribution in [-0.4, -0.2) is 30.8 Å². The monoisotopic (exact) mass is 277 g/mol. The summed E-state index contributed by atoms with van der Waals surface area (Å²) in [5.41, 5.74) is 0.506. The molecule has 1 unspecified atom stereocenters. The van der Waals surface area contributed by atoms with Crippen LogP contribution in [0.25, 0.3) is 0 Å². The molecule has 0 spiro atoms. The van der Waals surface area contributed by atoms with Crippen molar-refractivity contribution in [1.82, 2.24) is 5.32 Å². The topological polar surface area (TPSA) is 72.5 Å². The van der Waals surface area contributed by atoms with E-state index in [2.05, 4.69) is 10.1 Å². The molecule has 20 heavy (non-hydrogen) atoms. The van der Waals surface area contributed by atoms with Gasteiger partial charge < -0.3 is 10.1 Å². The fourth-order valence-electron chi connectivity index (χ4n) is 1.76. The number of Topliss-reactive ketones (excluding diaryl/α,β-unsaturated/α-hetero) is 1. The largest absolute Gasteiger partial charge is 0.469 e. The lowest BCUT2D eigenvalue weighted by molar-refractivity contribution is -0.140. The summed E-state index contributed by atoms with van der Waals surface area (Å²) in [5.74, 6) is -0.732. The summed E-state index contributed by atoms with van der Waals surface area (Å²) in [5, 5.41) is 2.68. The molecule has 0 saturated carbocycles. The first-order valence-corrected chi connectivity index (χ1v) is 6.47. The first kappa shape index (κ1) is 15.9. The van der Waals surface area contributed by atoms with Crippen LogP contribution >= 0.6 is 0 Å². The molecule has 0 aliphatic carbocycles. The quantitative estimate of drug-likeness (QED) is 0.770. The summed E-state index contributed by atoms with van der Waals surface area (Å²) in [7, 11) is 1.32. The van der Waals surface area contributed by atoms with Crippen LogP contribution in [0, 0.1) is 0 Å². The van der Waals surface area contributed by atoms with E-state index in [1.54, 1.807) is 24.3 Å². The third-order valence-electron chi connectivity index (χ3n) is 2.93. The Morgan fingerprint density at radius 1 is 1.20 bits per heavy atom. The lowest BCUT2D eigenvalue weighted by Gasteiger charge is -2.15. The van der Waals surface area contributed by atoms with Gasteiger partial charge in [-0.3, -0.25) is 14.4 Å². The number of nitrogens with one attached hydrogen (secondary N) is 1. The summed E-state index contributed by atoms with van der Waals surface area (Å²) in [4.78, 5) is 34.5. The number of ketones is 1. The molecule has 0 aromatic heterocycles. The number of esters is 1. The van der Waals surface area contributed by atoms with Crippen LogP contribution in [0.1, 0.15) is 36.5 Å². The molecule has 1 N–H and O–H groups in total. The Labute approximate surface area is 118 Å². The summed E-state index contributed by atoms with van der Waals surface area (Å²) >= 11 is 0. The van der Waals surface area contributed by atoms with Crippen LogP contribution in [0.4, 0.5) is 0 Å². The predicted molar refractivity (Wildman–Crippen MR) is 74.2 cm³/mol. The Hall–Kier alpha value is -2.17. The SMILES string of the molecule is COC(=O)CCCC(NC(=O)c1ccccc1)C(C)=O. The Bertz CT molecular complexity index is 470. The molecule has 0 aliphatic heterocycles. The van der Waals surface area contributed by atoms with E-state index in [1.807, 2.05) is 6.07 Å². The van der Waals surface area contributed by atoms with Gasteiger partial charge in [0.2, 0.25) is 0 Å². The maximum atomic E-state index is 12.0. The number of hydrogen-bond donors (Lipinski definition) is 1. The average Bonchev–Trinajstić information content (AvgIpc) is 2.46. The molecule has 0 aliphatic rings. The zero-order valence-electron chi connectivity index (χ0n) is 11.7. The smallest absolute Gasteiger partial charge is 0.305 e. The molecule has 0 fully saturated rings. The molecule has 1 amide bonds. The second-order valence-electron chi connectivity index (χ2n) is 4.47. The minimum atomic E-state index is -0.577. The standard InChI is InChI=1S/C15H19NO4/c1-11(17)13(9-6-10-14(18)20-2)16-15(19)12-7-4-3-5-8-12/h3-5,7-8,13H,6,9-10H2,1-2H3,(H,16,19). The zero-order valence-corrected chi connectivity index (χ0v) is 11.7. The van der Waals surface area contributed by atoms with Crippen LogP contribution in [0.5, 0.6) is 0 Å². The van der Waals surface area contributed by atoms with Gasteiger partial charge in [0.05, 0.1) is 13.2 Å².